The standard InChI is InChI=1S/C23H26Cl2N2O/c24-19-9-8-18(21(25)14-19)15-27-12-10-17(11-13-27)23(28)26-22-7-3-5-16-4-1-2-6-20(16)22/h1-2,4,6,8-9,14,17,22H,3,5,7,10-13,15H2,(H,26,28)/t22-/m0/s1. The quantitative estimate of drug-likeness (QED) is 0.723. The number of halogens is 2. The fourth-order valence-corrected chi connectivity index (χ4v) is 4.91. The van der Waals surface area contributed by atoms with Gasteiger partial charge >= 0.3 is 0 Å². The largest absolute Gasteiger partial charge is 0.349 e. The van der Waals surface area contributed by atoms with E-state index in [-0.39, 0.29) is 17.9 Å². The lowest BCUT2D eigenvalue weighted by Crippen LogP contribution is -2.41. The molecule has 1 aliphatic carbocycles. The van der Waals surface area contributed by atoms with Crippen LogP contribution in [0.3, 0.4) is 0 Å². The van der Waals surface area contributed by atoms with Crippen molar-refractivity contribution in [2.24, 2.45) is 5.92 Å². The van der Waals surface area contributed by atoms with E-state index >= 15 is 0 Å². The van der Waals surface area contributed by atoms with Gasteiger partial charge in [0.25, 0.3) is 0 Å². The van der Waals surface area contributed by atoms with E-state index in [2.05, 4.69) is 34.5 Å². The minimum Gasteiger partial charge on any atom is -0.349 e. The van der Waals surface area contributed by atoms with Crippen LogP contribution in [0.15, 0.2) is 42.5 Å². The molecule has 1 fully saturated rings. The summed E-state index contributed by atoms with van der Waals surface area (Å²) in [6, 6.07) is 14.3. The number of amides is 1. The van der Waals surface area contributed by atoms with Crippen molar-refractivity contribution in [3.8, 4) is 0 Å². The average molecular weight is 417 g/mol. The minimum absolute atomic E-state index is 0.103. The van der Waals surface area contributed by atoms with Gasteiger partial charge in [0, 0.05) is 22.5 Å². The Balaban J connectivity index is 1.31. The highest BCUT2D eigenvalue weighted by atomic mass is 35.5. The maximum atomic E-state index is 12.9. The van der Waals surface area contributed by atoms with Crippen LogP contribution in [0.25, 0.3) is 0 Å². The molecule has 3 nitrogen and oxygen atoms in total. The summed E-state index contributed by atoms with van der Waals surface area (Å²) in [5.74, 6) is 0.317. The first-order chi connectivity index (χ1) is 13.6. The number of nitrogens with zero attached hydrogens (tertiary/aromatic N) is 1. The summed E-state index contributed by atoms with van der Waals surface area (Å²) in [5.41, 5.74) is 3.78. The number of likely N-dealkylation sites (tertiary alicyclic amines) is 1. The molecule has 4 rings (SSSR count). The van der Waals surface area contributed by atoms with Gasteiger partial charge in [-0.3, -0.25) is 9.69 Å². The first-order valence-electron chi connectivity index (χ1n) is 10.1. The summed E-state index contributed by atoms with van der Waals surface area (Å²) >= 11 is 12.3. The predicted octanol–water partition coefficient (Wildman–Crippen LogP) is 5.40. The highest BCUT2D eigenvalue weighted by Crippen LogP contribution is 2.31. The second-order valence-electron chi connectivity index (χ2n) is 7.94. The molecule has 28 heavy (non-hydrogen) atoms. The molecule has 5 heteroatoms. The molecular weight excluding hydrogens is 391 g/mol. The normalized spacial score (nSPS) is 20.6. The zero-order valence-corrected chi connectivity index (χ0v) is 17.5. The molecule has 0 spiro atoms. The molecule has 1 atom stereocenters. The molecule has 2 aromatic carbocycles. The lowest BCUT2D eigenvalue weighted by Gasteiger charge is -2.33. The number of piperidine rings is 1. The number of nitrogens with one attached hydrogen (secondary N) is 1. The first-order valence-corrected chi connectivity index (χ1v) is 10.9. The number of hydrogen-bond acceptors (Lipinski definition) is 2. The van der Waals surface area contributed by atoms with Gasteiger partial charge in [-0.2, -0.15) is 0 Å². The summed E-state index contributed by atoms with van der Waals surface area (Å²) < 4.78 is 0. The van der Waals surface area contributed by atoms with E-state index < -0.39 is 0 Å². The second-order valence-corrected chi connectivity index (χ2v) is 8.78. The zero-order chi connectivity index (χ0) is 19.5. The Morgan fingerprint density at radius 1 is 1.07 bits per heavy atom. The number of hydrogen-bond donors (Lipinski definition) is 1. The molecule has 1 N–H and O–H groups in total. The highest BCUT2D eigenvalue weighted by molar-refractivity contribution is 6.35. The van der Waals surface area contributed by atoms with E-state index in [4.69, 9.17) is 23.2 Å². The Morgan fingerprint density at radius 3 is 2.64 bits per heavy atom. The third kappa shape index (κ3) is 4.53. The van der Waals surface area contributed by atoms with Crippen LogP contribution in [-0.4, -0.2) is 23.9 Å². The van der Waals surface area contributed by atoms with Gasteiger partial charge in [-0.05, 0) is 74.0 Å². The summed E-state index contributed by atoms with van der Waals surface area (Å²) in [5, 5.41) is 4.70. The van der Waals surface area contributed by atoms with Crippen LogP contribution in [0.5, 0.6) is 0 Å². The SMILES string of the molecule is O=C(N[C@H]1CCCc2ccccc21)C1CCN(Cc2ccc(Cl)cc2Cl)CC1. The van der Waals surface area contributed by atoms with Crippen molar-refractivity contribution in [2.45, 2.75) is 44.7 Å². The molecule has 1 saturated heterocycles. The van der Waals surface area contributed by atoms with Crippen molar-refractivity contribution in [3.05, 3.63) is 69.2 Å². The van der Waals surface area contributed by atoms with Crippen molar-refractivity contribution in [1.82, 2.24) is 10.2 Å². The topological polar surface area (TPSA) is 32.3 Å². The number of benzene rings is 2. The van der Waals surface area contributed by atoms with Gasteiger partial charge in [0.1, 0.15) is 0 Å². The number of aryl methyl sites for hydroxylation is 1. The van der Waals surface area contributed by atoms with Crippen molar-refractivity contribution in [3.63, 3.8) is 0 Å². The van der Waals surface area contributed by atoms with Crippen LogP contribution < -0.4 is 5.32 Å². The van der Waals surface area contributed by atoms with Gasteiger partial charge in [-0.15, -0.1) is 0 Å². The molecular formula is C23H26Cl2N2O. The average Bonchev–Trinajstić information content (AvgIpc) is 2.71. The molecule has 0 bridgehead atoms. The minimum atomic E-state index is 0.103. The summed E-state index contributed by atoms with van der Waals surface area (Å²) in [6.45, 7) is 2.64. The monoisotopic (exact) mass is 416 g/mol. The van der Waals surface area contributed by atoms with E-state index in [1.165, 1.54) is 11.1 Å². The molecule has 1 amide bonds. The van der Waals surface area contributed by atoms with Crippen LogP contribution in [0.1, 0.15) is 48.4 Å². The van der Waals surface area contributed by atoms with Crippen molar-refractivity contribution >= 4 is 29.1 Å². The first kappa shape index (κ1) is 19.8. The highest BCUT2D eigenvalue weighted by Gasteiger charge is 2.28. The van der Waals surface area contributed by atoms with Crippen molar-refractivity contribution < 1.29 is 4.79 Å². The van der Waals surface area contributed by atoms with Gasteiger partial charge in [0.2, 0.25) is 5.91 Å². The third-order valence-corrected chi connectivity index (χ3v) is 6.64. The summed E-state index contributed by atoms with van der Waals surface area (Å²) in [6.07, 6.45) is 5.09. The fourth-order valence-electron chi connectivity index (χ4n) is 4.44. The summed E-state index contributed by atoms with van der Waals surface area (Å²) in [4.78, 5) is 15.2. The molecule has 1 aliphatic heterocycles. The predicted molar refractivity (Wildman–Crippen MR) is 115 cm³/mol. The van der Waals surface area contributed by atoms with Crippen LogP contribution in [-0.2, 0) is 17.8 Å². The molecule has 0 saturated carbocycles. The van der Waals surface area contributed by atoms with Crippen LogP contribution in [0, 0.1) is 5.92 Å². The lowest BCUT2D eigenvalue weighted by atomic mass is 9.87. The van der Waals surface area contributed by atoms with Crippen LogP contribution >= 0.6 is 23.2 Å². The maximum Gasteiger partial charge on any atom is 0.223 e. The van der Waals surface area contributed by atoms with Crippen LogP contribution in [0.2, 0.25) is 10.0 Å². The van der Waals surface area contributed by atoms with Crippen molar-refractivity contribution in [1.29, 1.82) is 0 Å². The zero-order valence-electron chi connectivity index (χ0n) is 16.0. The number of carbonyl (C=O) groups is 1. The van der Waals surface area contributed by atoms with E-state index in [1.54, 1.807) is 6.07 Å². The molecule has 0 unspecified atom stereocenters. The molecule has 2 aliphatic rings. The Kier molecular flexibility index (Phi) is 6.25. The Labute approximate surface area is 177 Å². The smallest absolute Gasteiger partial charge is 0.223 e. The molecule has 2 aromatic rings. The fraction of sp³-hybridized carbons (Fsp3) is 0.435. The molecule has 1 heterocycles. The Morgan fingerprint density at radius 2 is 1.86 bits per heavy atom. The molecule has 0 radical (unpaired) electrons. The van der Waals surface area contributed by atoms with Gasteiger partial charge in [-0.1, -0.05) is 53.5 Å². The maximum absolute atomic E-state index is 12.9. The number of fused-ring (bicyclic) bond motifs is 1. The second kappa shape index (κ2) is 8.86. The van der Waals surface area contributed by atoms with Gasteiger partial charge in [0.05, 0.1) is 6.04 Å². The van der Waals surface area contributed by atoms with E-state index in [9.17, 15) is 4.79 Å². The number of carbonyl (C=O) groups excluding carboxylic acids is 1. The van der Waals surface area contributed by atoms with Gasteiger partial charge in [-0.25, -0.2) is 0 Å². The Hall–Kier alpha value is -1.55. The third-order valence-electron chi connectivity index (χ3n) is 6.05. The van der Waals surface area contributed by atoms with E-state index in [0.29, 0.717) is 10.0 Å². The number of rotatable bonds is 4. The van der Waals surface area contributed by atoms with E-state index in [1.807, 2.05) is 12.1 Å². The van der Waals surface area contributed by atoms with Crippen molar-refractivity contribution in [2.75, 3.05) is 13.1 Å². The van der Waals surface area contributed by atoms with Crippen LogP contribution in [0.4, 0.5) is 0 Å². The molecule has 0 aromatic heterocycles. The van der Waals surface area contributed by atoms with E-state index in [0.717, 1.165) is 57.3 Å². The van der Waals surface area contributed by atoms with Gasteiger partial charge < -0.3 is 5.32 Å². The molecule has 148 valence electrons. The Bertz CT molecular complexity index is 846. The van der Waals surface area contributed by atoms with Gasteiger partial charge in [0.15, 0.2) is 0 Å². The summed E-state index contributed by atoms with van der Waals surface area (Å²) in [7, 11) is 0. The lowest BCUT2D eigenvalue weighted by molar-refractivity contribution is -0.127.